The lowest BCUT2D eigenvalue weighted by molar-refractivity contribution is 0.314. The lowest BCUT2D eigenvalue weighted by Gasteiger charge is -2.42. The molecule has 0 spiro atoms. The third kappa shape index (κ3) is 2.92. The van der Waals surface area contributed by atoms with Gasteiger partial charge in [-0.25, -0.2) is 13.2 Å². The second-order valence-electron chi connectivity index (χ2n) is 5.62. The van der Waals surface area contributed by atoms with Crippen LogP contribution in [0.3, 0.4) is 0 Å². The van der Waals surface area contributed by atoms with Crippen molar-refractivity contribution in [3.05, 3.63) is 29.6 Å². The Labute approximate surface area is 118 Å². The van der Waals surface area contributed by atoms with Gasteiger partial charge >= 0.3 is 0 Å². The lowest BCUT2D eigenvalue weighted by Crippen LogP contribution is -2.57. The first-order chi connectivity index (χ1) is 9.43. The fourth-order valence-electron chi connectivity index (χ4n) is 2.62. The average molecular weight is 286 g/mol. The maximum absolute atomic E-state index is 13.9. The third-order valence-electron chi connectivity index (χ3n) is 4.23. The van der Waals surface area contributed by atoms with Gasteiger partial charge in [-0.3, -0.25) is 0 Å². The molecular formula is C15H21F3N2. The normalized spacial score (nSPS) is 24.8. The number of anilines is 1. The maximum Gasteiger partial charge on any atom is 0.161 e. The number of halogens is 3. The Morgan fingerprint density at radius 1 is 1.25 bits per heavy atom. The predicted octanol–water partition coefficient (Wildman–Crippen LogP) is 3.32. The Morgan fingerprint density at radius 2 is 1.90 bits per heavy atom. The fourth-order valence-corrected chi connectivity index (χ4v) is 2.62. The monoisotopic (exact) mass is 286 g/mol. The van der Waals surface area contributed by atoms with Gasteiger partial charge in [0.05, 0.1) is 5.69 Å². The second kappa shape index (κ2) is 6.04. The number of piperazine rings is 1. The Bertz CT molecular complexity index is 478. The molecule has 1 aliphatic heterocycles. The highest BCUT2D eigenvalue weighted by molar-refractivity contribution is 5.50. The minimum atomic E-state index is -1.15. The SMILES string of the molecule is CCC(C)C1CN(c2cc(F)c(F)cc2F)C(C)CN1. The van der Waals surface area contributed by atoms with Gasteiger partial charge in [-0.2, -0.15) is 0 Å². The van der Waals surface area contributed by atoms with E-state index in [1.54, 1.807) is 0 Å². The van der Waals surface area contributed by atoms with E-state index in [0.717, 1.165) is 12.5 Å². The van der Waals surface area contributed by atoms with Gasteiger partial charge in [-0.1, -0.05) is 20.3 Å². The third-order valence-corrected chi connectivity index (χ3v) is 4.23. The number of benzene rings is 1. The van der Waals surface area contributed by atoms with Gasteiger partial charge in [0.2, 0.25) is 0 Å². The Morgan fingerprint density at radius 3 is 2.55 bits per heavy atom. The molecule has 1 fully saturated rings. The summed E-state index contributed by atoms with van der Waals surface area (Å²) in [5.41, 5.74) is 0.145. The van der Waals surface area contributed by atoms with Crippen LogP contribution < -0.4 is 10.2 Å². The van der Waals surface area contributed by atoms with Gasteiger partial charge in [0.1, 0.15) is 5.82 Å². The van der Waals surface area contributed by atoms with Gasteiger partial charge in [0, 0.05) is 37.3 Å². The smallest absolute Gasteiger partial charge is 0.161 e. The minimum absolute atomic E-state index is 0.0367. The summed E-state index contributed by atoms with van der Waals surface area (Å²) in [5, 5.41) is 3.43. The molecule has 1 aromatic carbocycles. The molecule has 0 aromatic heterocycles. The van der Waals surface area contributed by atoms with Gasteiger partial charge < -0.3 is 10.2 Å². The molecule has 112 valence electrons. The largest absolute Gasteiger partial charge is 0.364 e. The molecule has 1 saturated heterocycles. The first-order valence-electron chi connectivity index (χ1n) is 7.08. The van der Waals surface area contributed by atoms with E-state index in [-0.39, 0.29) is 17.8 Å². The van der Waals surface area contributed by atoms with Crippen molar-refractivity contribution in [1.29, 1.82) is 0 Å². The highest BCUT2D eigenvalue weighted by atomic mass is 19.2. The van der Waals surface area contributed by atoms with E-state index in [1.165, 1.54) is 0 Å². The summed E-state index contributed by atoms with van der Waals surface area (Å²) in [7, 11) is 0. The van der Waals surface area contributed by atoms with Crippen molar-refractivity contribution in [2.45, 2.75) is 39.3 Å². The fraction of sp³-hybridized carbons (Fsp3) is 0.600. The average Bonchev–Trinajstić information content (AvgIpc) is 2.43. The molecule has 0 radical (unpaired) electrons. The minimum Gasteiger partial charge on any atom is -0.364 e. The van der Waals surface area contributed by atoms with Gasteiger partial charge in [0.25, 0.3) is 0 Å². The van der Waals surface area contributed by atoms with Crippen molar-refractivity contribution in [2.75, 3.05) is 18.0 Å². The summed E-state index contributed by atoms with van der Waals surface area (Å²) in [6, 6.07) is 1.84. The molecule has 1 N–H and O–H groups in total. The zero-order valence-electron chi connectivity index (χ0n) is 12.1. The van der Waals surface area contributed by atoms with E-state index in [1.807, 2.05) is 11.8 Å². The summed E-state index contributed by atoms with van der Waals surface area (Å²) in [5.74, 6) is -2.42. The molecular weight excluding hydrogens is 265 g/mol. The maximum atomic E-state index is 13.9. The molecule has 0 aliphatic carbocycles. The van der Waals surface area contributed by atoms with Crippen molar-refractivity contribution >= 4 is 5.69 Å². The van der Waals surface area contributed by atoms with Crippen molar-refractivity contribution < 1.29 is 13.2 Å². The van der Waals surface area contributed by atoms with Crippen LogP contribution >= 0.6 is 0 Å². The Kier molecular flexibility index (Phi) is 4.58. The van der Waals surface area contributed by atoms with Crippen molar-refractivity contribution in [2.24, 2.45) is 5.92 Å². The summed E-state index contributed by atoms with van der Waals surface area (Å²) in [4.78, 5) is 1.82. The molecule has 20 heavy (non-hydrogen) atoms. The summed E-state index contributed by atoms with van der Waals surface area (Å²) < 4.78 is 40.3. The van der Waals surface area contributed by atoms with Crippen LogP contribution in [0.2, 0.25) is 0 Å². The number of rotatable bonds is 3. The van der Waals surface area contributed by atoms with Crippen LogP contribution in [0, 0.1) is 23.4 Å². The van der Waals surface area contributed by atoms with Crippen molar-refractivity contribution in [1.82, 2.24) is 5.32 Å². The van der Waals surface area contributed by atoms with Gasteiger partial charge in [-0.05, 0) is 12.8 Å². The van der Waals surface area contributed by atoms with E-state index < -0.39 is 17.5 Å². The number of nitrogens with zero attached hydrogens (tertiary/aromatic N) is 1. The van der Waals surface area contributed by atoms with E-state index in [2.05, 4.69) is 19.2 Å². The molecule has 0 saturated carbocycles. The molecule has 3 atom stereocenters. The summed E-state index contributed by atoms with van der Waals surface area (Å²) >= 11 is 0. The van der Waals surface area contributed by atoms with E-state index in [0.29, 0.717) is 25.1 Å². The first kappa shape index (κ1) is 15.2. The molecule has 1 heterocycles. The highest BCUT2D eigenvalue weighted by Crippen LogP contribution is 2.27. The Balaban J connectivity index is 2.27. The van der Waals surface area contributed by atoms with Crippen LogP contribution in [-0.2, 0) is 0 Å². The molecule has 2 nitrogen and oxygen atoms in total. The van der Waals surface area contributed by atoms with Crippen LogP contribution in [0.5, 0.6) is 0 Å². The van der Waals surface area contributed by atoms with E-state index in [4.69, 9.17) is 0 Å². The van der Waals surface area contributed by atoms with Gasteiger partial charge in [0.15, 0.2) is 11.6 Å². The van der Waals surface area contributed by atoms with Crippen LogP contribution in [0.25, 0.3) is 0 Å². The highest BCUT2D eigenvalue weighted by Gasteiger charge is 2.29. The number of hydrogen-bond acceptors (Lipinski definition) is 2. The zero-order chi connectivity index (χ0) is 14.9. The summed E-state index contributed by atoms with van der Waals surface area (Å²) in [6.07, 6.45) is 1.01. The van der Waals surface area contributed by atoms with Crippen LogP contribution in [0.4, 0.5) is 18.9 Å². The predicted molar refractivity (Wildman–Crippen MR) is 74.4 cm³/mol. The molecule has 5 heteroatoms. The standard InChI is InChI=1S/C15H21F3N2/c1-4-9(2)14-8-20(10(3)7-19-14)15-6-12(17)11(16)5-13(15)18/h5-6,9-10,14,19H,4,7-8H2,1-3H3. The quantitative estimate of drug-likeness (QED) is 0.858. The number of hydrogen-bond donors (Lipinski definition) is 1. The molecule has 0 bridgehead atoms. The van der Waals surface area contributed by atoms with Gasteiger partial charge in [-0.15, -0.1) is 0 Å². The molecule has 2 rings (SSSR count). The van der Waals surface area contributed by atoms with Crippen LogP contribution in [0.1, 0.15) is 27.2 Å². The second-order valence-corrected chi connectivity index (χ2v) is 5.62. The van der Waals surface area contributed by atoms with Crippen molar-refractivity contribution in [3.8, 4) is 0 Å². The number of nitrogens with one attached hydrogen (secondary N) is 1. The van der Waals surface area contributed by atoms with Crippen LogP contribution in [-0.4, -0.2) is 25.2 Å². The van der Waals surface area contributed by atoms with Crippen LogP contribution in [0.15, 0.2) is 12.1 Å². The zero-order valence-corrected chi connectivity index (χ0v) is 12.1. The van der Waals surface area contributed by atoms with E-state index in [9.17, 15) is 13.2 Å². The van der Waals surface area contributed by atoms with Crippen molar-refractivity contribution in [3.63, 3.8) is 0 Å². The lowest BCUT2D eigenvalue weighted by atomic mass is 9.95. The van der Waals surface area contributed by atoms with E-state index >= 15 is 0 Å². The molecule has 1 aromatic rings. The summed E-state index contributed by atoms with van der Waals surface area (Å²) in [6.45, 7) is 7.48. The molecule has 1 aliphatic rings. The molecule has 0 amide bonds. The first-order valence-corrected chi connectivity index (χ1v) is 7.08. The Hall–Kier alpha value is -1.23. The molecule has 3 unspecified atom stereocenters. The topological polar surface area (TPSA) is 15.3 Å².